The zero-order valence-electron chi connectivity index (χ0n) is 20.4. The first-order valence-electron chi connectivity index (χ1n) is 11.4. The molecule has 0 radical (unpaired) electrons. The average molecular weight is 469 g/mol. The maximum atomic E-state index is 13.4. The second-order valence-corrected chi connectivity index (χ2v) is 9.46. The van der Waals surface area contributed by atoms with E-state index in [0.717, 1.165) is 16.8 Å². The molecule has 2 amide bonds. The van der Waals surface area contributed by atoms with Crippen molar-refractivity contribution < 1.29 is 4.79 Å². The quantitative estimate of drug-likeness (QED) is 0.446. The molecule has 0 fully saturated rings. The van der Waals surface area contributed by atoms with E-state index in [0.29, 0.717) is 28.3 Å². The third-order valence-electron chi connectivity index (χ3n) is 6.14. The number of para-hydroxylation sites is 1. The number of urea groups is 1. The van der Waals surface area contributed by atoms with Crippen molar-refractivity contribution in [3.05, 3.63) is 68.7 Å². The molecule has 6 nitrogen and oxygen atoms in total. The second-order valence-electron chi connectivity index (χ2n) is 9.02. The smallest absolute Gasteiger partial charge is 0.318 e. The highest BCUT2D eigenvalue weighted by atomic mass is 35.5. The first kappa shape index (κ1) is 24.8. The molecule has 2 aromatic carbocycles. The van der Waals surface area contributed by atoms with Crippen LogP contribution in [-0.2, 0) is 6.54 Å². The number of fused-ring (bicyclic) bond motifs is 1. The van der Waals surface area contributed by atoms with Crippen LogP contribution in [0.25, 0.3) is 10.9 Å². The van der Waals surface area contributed by atoms with Crippen LogP contribution in [0.15, 0.2) is 41.2 Å². The van der Waals surface area contributed by atoms with E-state index in [9.17, 15) is 9.59 Å². The lowest BCUT2D eigenvalue weighted by molar-refractivity contribution is 0.204. The highest BCUT2D eigenvalue weighted by Crippen LogP contribution is 2.33. The van der Waals surface area contributed by atoms with Crippen molar-refractivity contribution in [3.8, 4) is 0 Å². The molecule has 1 unspecified atom stereocenters. The van der Waals surface area contributed by atoms with Crippen LogP contribution in [0.3, 0.4) is 0 Å². The van der Waals surface area contributed by atoms with Crippen molar-refractivity contribution in [1.29, 1.82) is 0 Å². The molecule has 0 aliphatic rings. The molecule has 0 bridgehead atoms. The van der Waals surface area contributed by atoms with Gasteiger partial charge in [-0.2, -0.15) is 0 Å². The first-order valence-corrected chi connectivity index (χ1v) is 11.8. The summed E-state index contributed by atoms with van der Waals surface area (Å²) in [5, 5.41) is 4.11. The average Bonchev–Trinajstić information content (AvgIpc) is 2.78. The summed E-state index contributed by atoms with van der Waals surface area (Å²) < 4.78 is 1.61. The summed E-state index contributed by atoms with van der Waals surface area (Å²) in [7, 11) is 1.73. The molecule has 3 aromatic rings. The molecule has 0 aliphatic carbocycles. The number of hydrogen-bond donors (Lipinski definition) is 1. The highest BCUT2D eigenvalue weighted by molar-refractivity contribution is 6.31. The van der Waals surface area contributed by atoms with E-state index in [-0.39, 0.29) is 23.4 Å². The molecule has 0 spiro atoms. The van der Waals surface area contributed by atoms with Gasteiger partial charge in [-0.25, -0.2) is 9.78 Å². The van der Waals surface area contributed by atoms with Crippen molar-refractivity contribution in [2.45, 2.75) is 66.0 Å². The van der Waals surface area contributed by atoms with Crippen molar-refractivity contribution in [2.75, 3.05) is 12.4 Å². The van der Waals surface area contributed by atoms with Crippen LogP contribution < -0.4 is 10.9 Å². The normalized spacial score (nSPS) is 12.4. The number of nitrogens with zero attached hydrogens (tertiary/aromatic N) is 3. The maximum absolute atomic E-state index is 13.4. The van der Waals surface area contributed by atoms with Gasteiger partial charge >= 0.3 is 6.03 Å². The van der Waals surface area contributed by atoms with E-state index < -0.39 is 6.04 Å². The Morgan fingerprint density at radius 2 is 1.70 bits per heavy atom. The summed E-state index contributed by atoms with van der Waals surface area (Å²) in [6, 6.07) is 10.6. The third-order valence-corrected chi connectivity index (χ3v) is 6.38. The Morgan fingerprint density at radius 1 is 1.09 bits per heavy atom. The Labute approximate surface area is 200 Å². The van der Waals surface area contributed by atoms with Crippen LogP contribution in [0, 0.1) is 0 Å². The van der Waals surface area contributed by atoms with Crippen molar-refractivity contribution in [2.24, 2.45) is 0 Å². The van der Waals surface area contributed by atoms with Crippen molar-refractivity contribution in [3.63, 3.8) is 0 Å². The fourth-order valence-electron chi connectivity index (χ4n) is 4.07. The van der Waals surface area contributed by atoms with Gasteiger partial charge in [0, 0.05) is 24.3 Å². The van der Waals surface area contributed by atoms with Gasteiger partial charge in [-0.05, 0) is 55.0 Å². The van der Waals surface area contributed by atoms with Gasteiger partial charge in [0.15, 0.2) is 0 Å². The zero-order chi connectivity index (χ0) is 24.4. The molecule has 7 heteroatoms. The van der Waals surface area contributed by atoms with Gasteiger partial charge in [0.2, 0.25) is 0 Å². The first-order chi connectivity index (χ1) is 15.6. The highest BCUT2D eigenvalue weighted by Gasteiger charge is 2.25. The second kappa shape index (κ2) is 9.96. The Hall–Kier alpha value is -2.86. The van der Waals surface area contributed by atoms with E-state index in [1.54, 1.807) is 34.7 Å². The number of nitrogens with one attached hydrogen (secondary N) is 1. The number of carbonyl (C=O) groups is 1. The number of benzene rings is 2. The summed E-state index contributed by atoms with van der Waals surface area (Å²) in [5.74, 6) is 1.07. The minimum atomic E-state index is -0.425. The molecular formula is C26H33ClN4O2. The van der Waals surface area contributed by atoms with Gasteiger partial charge in [0.25, 0.3) is 5.56 Å². The topological polar surface area (TPSA) is 67.2 Å². The molecule has 0 aliphatic heterocycles. The Bertz CT molecular complexity index is 1210. The van der Waals surface area contributed by atoms with Crippen LogP contribution in [0.1, 0.15) is 76.4 Å². The molecule has 33 heavy (non-hydrogen) atoms. The molecule has 1 atom stereocenters. The Balaban J connectivity index is 2.00. The number of rotatable bonds is 6. The fraction of sp³-hybridized carbons (Fsp3) is 0.423. The van der Waals surface area contributed by atoms with Crippen molar-refractivity contribution in [1.82, 2.24) is 14.5 Å². The molecule has 0 saturated heterocycles. The van der Waals surface area contributed by atoms with E-state index in [4.69, 9.17) is 16.6 Å². The van der Waals surface area contributed by atoms with Gasteiger partial charge < -0.3 is 10.2 Å². The largest absolute Gasteiger partial charge is 0.322 e. The minimum Gasteiger partial charge on any atom is -0.318 e. The number of aromatic nitrogens is 2. The van der Waals surface area contributed by atoms with Gasteiger partial charge in [-0.15, -0.1) is 0 Å². The lowest BCUT2D eigenvalue weighted by Crippen LogP contribution is -2.37. The van der Waals surface area contributed by atoms with Crippen LogP contribution >= 0.6 is 11.6 Å². The van der Waals surface area contributed by atoms with Crippen LogP contribution in [0.2, 0.25) is 5.02 Å². The van der Waals surface area contributed by atoms with Gasteiger partial charge in [0.1, 0.15) is 5.82 Å². The maximum Gasteiger partial charge on any atom is 0.322 e. The SMILES string of the molecule is CCn1c(C(C)N(C)C(=O)Nc2c(C(C)C)cccc2C(C)C)nc2ccc(Cl)cc2c1=O. The van der Waals surface area contributed by atoms with Gasteiger partial charge in [-0.3, -0.25) is 9.36 Å². The van der Waals surface area contributed by atoms with Crippen LogP contribution in [0.4, 0.5) is 10.5 Å². The van der Waals surface area contributed by atoms with Gasteiger partial charge in [0.05, 0.1) is 16.9 Å². The molecule has 3 rings (SSSR count). The number of amides is 2. The zero-order valence-corrected chi connectivity index (χ0v) is 21.2. The predicted molar refractivity (Wildman–Crippen MR) is 137 cm³/mol. The van der Waals surface area contributed by atoms with Gasteiger partial charge in [-0.1, -0.05) is 57.5 Å². The Morgan fingerprint density at radius 3 is 2.24 bits per heavy atom. The third kappa shape index (κ3) is 4.91. The van der Waals surface area contributed by atoms with E-state index in [1.807, 2.05) is 19.9 Å². The molecular weight excluding hydrogens is 436 g/mol. The number of hydrogen-bond acceptors (Lipinski definition) is 3. The van der Waals surface area contributed by atoms with Crippen LogP contribution in [0.5, 0.6) is 0 Å². The minimum absolute atomic E-state index is 0.159. The summed E-state index contributed by atoms with van der Waals surface area (Å²) in [4.78, 5) is 32.8. The monoisotopic (exact) mass is 468 g/mol. The van der Waals surface area contributed by atoms with E-state index in [1.165, 1.54) is 0 Å². The molecule has 0 saturated carbocycles. The predicted octanol–water partition coefficient (Wildman–Crippen LogP) is 6.54. The Kier molecular flexibility index (Phi) is 7.48. The molecule has 1 aromatic heterocycles. The standard InChI is InChI=1S/C26H33ClN4O2/c1-8-31-24(28-22-13-12-18(27)14-21(22)25(31)32)17(6)30(7)26(33)29-23-19(15(2)3)10-9-11-20(23)16(4)5/h9-17H,8H2,1-7H3,(H,29,33). The number of anilines is 1. The molecule has 176 valence electrons. The molecule has 1 N–H and O–H groups in total. The molecule has 1 heterocycles. The summed E-state index contributed by atoms with van der Waals surface area (Å²) in [6.45, 7) is 12.7. The fourth-order valence-corrected chi connectivity index (χ4v) is 4.25. The lowest BCUT2D eigenvalue weighted by atomic mass is 9.93. The summed E-state index contributed by atoms with van der Waals surface area (Å²) >= 11 is 6.09. The number of halogens is 1. The number of carbonyl (C=O) groups excluding carboxylic acids is 1. The van der Waals surface area contributed by atoms with E-state index in [2.05, 4.69) is 45.1 Å². The van der Waals surface area contributed by atoms with Crippen LogP contribution in [-0.4, -0.2) is 27.5 Å². The summed E-state index contributed by atoms with van der Waals surface area (Å²) in [6.07, 6.45) is 0. The lowest BCUT2D eigenvalue weighted by Gasteiger charge is -2.28. The van der Waals surface area contributed by atoms with Crippen molar-refractivity contribution >= 4 is 34.2 Å². The van der Waals surface area contributed by atoms with E-state index >= 15 is 0 Å². The summed E-state index contributed by atoms with van der Waals surface area (Å²) in [5.41, 5.74) is 3.47.